The average molecular weight is 492 g/mol. The van der Waals surface area contributed by atoms with Gasteiger partial charge in [0.05, 0.1) is 0 Å². The highest BCUT2D eigenvalue weighted by molar-refractivity contribution is 9.51. The molecule has 0 aromatic heterocycles. The van der Waals surface area contributed by atoms with Crippen molar-refractivity contribution in [1.82, 2.24) is 0 Å². The number of para-hydroxylation sites is 2. The van der Waals surface area contributed by atoms with Gasteiger partial charge in [-0.3, -0.25) is 0 Å². The van der Waals surface area contributed by atoms with E-state index in [1.54, 1.807) is 0 Å². The summed E-state index contributed by atoms with van der Waals surface area (Å²) in [7, 11) is 0. The van der Waals surface area contributed by atoms with Gasteiger partial charge in [-0.15, -0.1) is 0 Å². The maximum absolute atomic E-state index is 4.02. The van der Waals surface area contributed by atoms with Crippen molar-refractivity contribution in [2.75, 3.05) is 9.88 Å². The second kappa shape index (κ2) is 7.37. The average Bonchev–Trinajstić information content (AvgIpc) is 2.53. The van der Waals surface area contributed by atoms with Gasteiger partial charge in [0, 0.05) is 22.8 Å². The van der Waals surface area contributed by atoms with Crippen molar-refractivity contribution in [3.8, 4) is 0 Å². The summed E-state index contributed by atoms with van der Waals surface area (Å²) in [5.41, 5.74) is 10.0. The molecule has 1 aliphatic heterocycles. The molecule has 1 heterocycles. The molecule has 3 rings (SSSR count). The molecule has 5 heteroatoms. The molecule has 0 fully saturated rings. The number of aryl methyl sites for hydroxylation is 4. The van der Waals surface area contributed by atoms with E-state index in [0.717, 1.165) is 5.70 Å². The zero-order valence-electron chi connectivity index (χ0n) is 15.8. The van der Waals surface area contributed by atoms with Gasteiger partial charge >= 0.3 is 5.47 Å². The molecular weight excluding hydrogens is 468 g/mol. The molecule has 2 nitrogen and oxygen atoms in total. The third-order valence-corrected chi connectivity index (χ3v) is 10.1. The molecule has 2 aromatic rings. The summed E-state index contributed by atoms with van der Waals surface area (Å²) in [4.78, 5) is 0. The number of hydrogen-bond acceptors (Lipinski definition) is 2. The van der Waals surface area contributed by atoms with Crippen molar-refractivity contribution in [2.24, 2.45) is 0 Å². The molecule has 136 valence electrons. The van der Waals surface area contributed by atoms with Gasteiger partial charge in [0.25, 0.3) is 0 Å². The lowest BCUT2D eigenvalue weighted by molar-refractivity contribution is 1.17. The summed E-state index contributed by atoms with van der Waals surface area (Å²) in [6.45, 7) is 10.8. The van der Waals surface area contributed by atoms with Crippen molar-refractivity contribution >= 4 is 47.4 Å². The van der Waals surface area contributed by atoms with Crippen LogP contribution < -0.4 is 9.88 Å². The van der Waals surface area contributed by atoms with E-state index in [2.05, 4.69) is 123 Å². The molecule has 0 bridgehead atoms. The zero-order chi connectivity index (χ0) is 19.1. The van der Waals surface area contributed by atoms with E-state index in [4.69, 9.17) is 0 Å². The normalized spacial score (nSPS) is 16.2. The van der Waals surface area contributed by atoms with Crippen LogP contribution in [0.4, 0.5) is 11.4 Å². The quantitative estimate of drug-likeness (QED) is 0.370. The smallest absolute Gasteiger partial charge is 0.332 e. The van der Waals surface area contributed by atoms with Crippen molar-refractivity contribution in [2.45, 2.75) is 34.6 Å². The first kappa shape index (κ1) is 19.5. The highest BCUT2D eigenvalue weighted by atomic mass is 79.9. The van der Waals surface area contributed by atoms with Gasteiger partial charge in [0.1, 0.15) is 0 Å². The Balaban J connectivity index is 2.01. The van der Waals surface area contributed by atoms with Gasteiger partial charge in [-0.2, -0.15) is 0 Å². The molecule has 0 atom stereocenters. The first-order valence-corrected chi connectivity index (χ1v) is 15.2. The fourth-order valence-corrected chi connectivity index (χ4v) is 9.60. The summed E-state index contributed by atoms with van der Waals surface area (Å²) >= 11 is 8.04. The predicted molar refractivity (Wildman–Crippen MR) is 123 cm³/mol. The molecule has 1 N–H and O–H groups in total. The maximum Gasteiger partial charge on any atom is 0.332 e. The Labute approximate surface area is 173 Å². The molecule has 0 saturated carbocycles. The second-order valence-corrected chi connectivity index (χ2v) is 19.3. The second-order valence-electron chi connectivity index (χ2n) is 6.94. The van der Waals surface area contributed by atoms with E-state index in [1.807, 2.05) is 0 Å². The van der Waals surface area contributed by atoms with E-state index in [9.17, 15) is 0 Å². The van der Waals surface area contributed by atoms with Crippen LogP contribution in [0.15, 0.2) is 59.6 Å². The number of rotatable bonds is 3. The third kappa shape index (κ3) is 3.71. The van der Waals surface area contributed by atoms with Crippen molar-refractivity contribution in [3.63, 3.8) is 0 Å². The first-order chi connectivity index (χ1) is 12.2. The Morgan fingerprint density at radius 3 is 1.81 bits per heavy atom. The van der Waals surface area contributed by atoms with Crippen LogP contribution in [0.25, 0.3) is 0 Å². The topological polar surface area (TPSA) is 15.3 Å². The molecule has 0 saturated heterocycles. The van der Waals surface area contributed by atoms with Crippen molar-refractivity contribution in [1.29, 1.82) is 0 Å². The van der Waals surface area contributed by atoms with Gasteiger partial charge < -0.3 is 9.88 Å². The third-order valence-electron chi connectivity index (χ3n) is 4.76. The molecule has 0 aliphatic carbocycles. The van der Waals surface area contributed by atoms with Gasteiger partial charge in [-0.1, -0.05) is 67.0 Å². The standard InChI is InChI=1S/C21H24Br2N2Si/c1-14-8-6-9-15(2)20(14)24-19-12-18(5)25(26(22,23)13-19)21-16(3)10-7-11-17(21)4/h6-13,24H,1-5H3. The summed E-state index contributed by atoms with van der Waals surface area (Å²) < 4.78 is 2.42. The van der Waals surface area contributed by atoms with Crippen LogP contribution in [0.5, 0.6) is 0 Å². The van der Waals surface area contributed by atoms with Crippen LogP contribution in [0.2, 0.25) is 0 Å². The largest absolute Gasteiger partial charge is 0.356 e. The minimum Gasteiger partial charge on any atom is -0.356 e. The highest BCUT2D eigenvalue weighted by Crippen LogP contribution is 2.42. The van der Waals surface area contributed by atoms with E-state index >= 15 is 0 Å². The number of benzene rings is 2. The fraction of sp³-hybridized carbons (Fsp3) is 0.238. The first-order valence-electron chi connectivity index (χ1n) is 8.69. The van der Waals surface area contributed by atoms with Crippen LogP contribution >= 0.6 is 30.6 Å². The number of nitrogens with zero attached hydrogens (tertiary/aromatic N) is 1. The number of hydrogen-bond donors (Lipinski definition) is 1. The maximum atomic E-state index is 4.02. The van der Waals surface area contributed by atoms with E-state index in [-0.39, 0.29) is 0 Å². The van der Waals surface area contributed by atoms with Gasteiger partial charge in [0.15, 0.2) is 0 Å². The highest BCUT2D eigenvalue weighted by Gasteiger charge is 2.39. The Morgan fingerprint density at radius 1 is 0.808 bits per heavy atom. The molecular formula is C21H24Br2N2Si. The Bertz CT molecular complexity index is 876. The number of anilines is 2. The van der Waals surface area contributed by atoms with Crippen LogP contribution in [-0.4, -0.2) is 5.47 Å². The Hall–Kier alpha value is -1.30. The van der Waals surface area contributed by atoms with Crippen LogP contribution in [0.3, 0.4) is 0 Å². The Morgan fingerprint density at radius 2 is 1.31 bits per heavy atom. The minimum atomic E-state index is -2.17. The van der Waals surface area contributed by atoms with Crippen LogP contribution in [-0.2, 0) is 0 Å². The lowest BCUT2D eigenvalue weighted by atomic mass is 10.1. The number of allylic oxidation sites excluding steroid dienone is 2. The number of halogens is 2. The van der Waals surface area contributed by atoms with E-state index < -0.39 is 5.47 Å². The Kier molecular flexibility index (Phi) is 5.52. The summed E-state index contributed by atoms with van der Waals surface area (Å²) in [6.07, 6.45) is 2.23. The molecule has 0 amide bonds. The number of nitrogens with one attached hydrogen (secondary N) is 1. The molecule has 26 heavy (non-hydrogen) atoms. The van der Waals surface area contributed by atoms with E-state index in [1.165, 1.54) is 39.3 Å². The lowest BCUT2D eigenvalue weighted by Gasteiger charge is -2.39. The monoisotopic (exact) mass is 490 g/mol. The van der Waals surface area contributed by atoms with Gasteiger partial charge in [0.2, 0.25) is 0 Å². The summed E-state index contributed by atoms with van der Waals surface area (Å²) in [6, 6.07) is 12.9. The van der Waals surface area contributed by atoms with Gasteiger partial charge in [-0.25, -0.2) is 0 Å². The molecule has 2 aromatic carbocycles. The summed E-state index contributed by atoms with van der Waals surface area (Å²) in [5.74, 6) is 0. The fourth-order valence-electron chi connectivity index (χ4n) is 3.53. The van der Waals surface area contributed by atoms with Crippen LogP contribution in [0.1, 0.15) is 29.2 Å². The zero-order valence-corrected chi connectivity index (χ0v) is 20.0. The minimum absolute atomic E-state index is 1.13. The van der Waals surface area contributed by atoms with Crippen LogP contribution in [0, 0.1) is 27.7 Å². The molecule has 0 unspecified atom stereocenters. The predicted octanol–water partition coefficient (Wildman–Crippen LogP) is 6.91. The van der Waals surface area contributed by atoms with Crippen molar-refractivity contribution < 1.29 is 0 Å². The molecule has 0 spiro atoms. The SMILES string of the molecule is CC1=CC(Nc2c(C)cccc2C)=C[Si](Br)(Br)N1c1c(C)cccc1C. The van der Waals surface area contributed by atoms with E-state index in [0.29, 0.717) is 0 Å². The lowest BCUT2D eigenvalue weighted by Crippen LogP contribution is -2.45. The summed E-state index contributed by atoms with van der Waals surface area (Å²) in [5, 5.41) is 3.64. The molecule has 0 radical (unpaired) electrons. The molecule has 1 aliphatic rings. The van der Waals surface area contributed by atoms with Gasteiger partial charge in [-0.05, 0) is 68.6 Å². The van der Waals surface area contributed by atoms with Crippen molar-refractivity contribution in [3.05, 3.63) is 81.8 Å².